The van der Waals surface area contributed by atoms with Gasteiger partial charge in [0.05, 0.1) is 4.47 Å². The molecule has 3 aromatic carbocycles. The summed E-state index contributed by atoms with van der Waals surface area (Å²) in [7, 11) is 0. The first-order valence-electron chi connectivity index (χ1n) is 10.1. The molecule has 0 unspecified atom stereocenters. The second-order valence-corrected chi connectivity index (χ2v) is 8.24. The van der Waals surface area contributed by atoms with E-state index >= 15 is 0 Å². The van der Waals surface area contributed by atoms with E-state index in [2.05, 4.69) is 26.6 Å². The van der Waals surface area contributed by atoms with Crippen LogP contribution < -0.4 is 15.4 Å². The van der Waals surface area contributed by atoms with Crippen LogP contribution in [0.2, 0.25) is 0 Å². The molecule has 0 aromatic heterocycles. The molecule has 0 aliphatic heterocycles. The molecule has 166 valence electrons. The molecule has 2 N–H and O–H groups in total. The zero-order valence-corrected chi connectivity index (χ0v) is 19.8. The molecule has 0 fully saturated rings. The highest BCUT2D eigenvalue weighted by atomic mass is 79.9. The Morgan fingerprint density at radius 3 is 2.18 bits per heavy atom. The average molecular weight is 504 g/mol. The third-order valence-corrected chi connectivity index (χ3v) is 5.19. The van der Waals surface area contributed by atoms with E-state index in [1.165, 1.54) is 6.08 Å². The van der Waals surface area contributed by atoms with Gasteiger partial charge in [-0.05, 0) is 88.9 Å². The molecule has 7 heteroatoms. The number of anilines is 2. The maximum atomic E-state index is 12.5. The lowest BCUT2D eigenvalue weighted by Crippen LogP contribution is -2.20. The van der Waals surface area contributed by atoms with Crippen LogP contribution >= 0.6 is 15.9 Å². The van der Waals surface area contributed by atoms with Crippen molar-refractivity contribution in [2.24, 2.45) is 0 Å². The Hall–Kier alpha value is -3.89. The number of ether oxygens (including phenoxy) is 1. The number of hydrogen-bond donors (Lipinski definition) is 2. The first kappa shape index (κ1) is 23.8. The van der Waals surface area contributed by atoms with E-state index in [0.29, 0.717) is 27.2 Å². The number of carbonyl (C=O) groups excluding carboxylic acids is 2. The predicted molar refractivity (Wildman–Crippen MR) is 133 cm³/mol. The van der Waals surface area contributed by atoms with Crippen LogP contribution in [0.1, 0.15) is 16.7 Å². The molecule has 0 saturated carbocycles. The quantitative estimate of drug-likeness (QED) is 0.322. The van der Waals surface area contributed by atoms with E-state index in [-0.39, 0.29) is 18.1 Å². The van der Waals surface area contributed by atoms with Gasteiger partial charge in [0.15, 0.2) is 6.61 Å². The Labute approximate surface area is 201 Å². The zero-order chi connectivity index (χ0) is 23.8. The van der Waals surface area contributed by atoms with Gasteiger partial charge in [-0.15, -0.1) is 0 Å². The van der Waals surface area contributed by atoms with Crippen LogP contribution in [0.4, 0.5) is 11.4 Å². The van der Waals surface area contributed by atoms with Gasteiger partial charge in [-0.1, -0.05) is 30.3 Å². The summed E-state index contributed by atoms with van der Waals surface area (Å²) in [6, 6.07) is 21.9. The highest BCUT2D eigenvalue weighted by Gasteiger charge is 2.11. The molecule has 0 radical (unpaired) electrons. The van der Waals surface area contributed by atoms with E-state index in [0.717, 1.165) is 11.1 Å². The number of hydrogen-bond acceptors (Lipinski definition) is 4. The number of benzene rings is 3. The fourth-order valence-corrected chi connectivity index (χ4v) is 3.53. The number of nitrogens with one attached hydrogen (secondary N) is 2. The normalized spacial score (nSPS) is 10.8. The van der Waals surface area contributed by atoms with Crippen LogP contribution in [0.3, 0.4) is 0 Å². The molecule has 3 rings (SSSR count). The van der Waals surface area contributed by atoms with E-state index in [1.54, 1.807) is 24.3 Å². The number of nitriles is 1. The van der Waals surface area contributed by atoms with Crippen molar-refractivity contribution < 1.29 is 14.3 Å². The molecule has 0 heterocycles. The number of aryl methyl sites for hydroxylation is 2. The zero-order valence-electron chi connectivity index (χ0n) is 18.2. The number of nitrogens with zero attached hydrogens (tertiary/aromatic N) is 1. The fraction of sp³-hybridized carbons (Fsp3) is 0.115. The summed E-state index contributed by atoms with van der Waals surface area (Å²) in [5.41, 5.74) is 3.97. The van der Waals surface area contributed by atoms with Crippen molar-refractivity contribution in [3.05, 3.63) is 93.5 Å². The number of rotatable bonds is 7. The van der Waals surface area contributed by atoms with Gasteiger partial charge in [0.25, 0.3) is 11.8 Å². The van der Waals surface area contributed by atoms with Crippen LogP contribution in [-0.4, -0.2) is 18.4 Å². The maximum Gasteiger partial charge on any atom is 0.266 e. The van der Waals surface area contributed by atoms with Gasteiger partial charge in [-0.3, -0.25) is 9.59 Å². The van der Waals surface area contributed by atoms with Crippen LogP contribution in [0, 0.1) is 25.2 Å². The van der Waals surface area contributed by atoms with E-state index in [4.69, 9.17) is 4.74 Å². The molecular weight excluding hydrogens is 482 g/mol. The van der Waals surface area contributed by atoms with Gasteiger partial charge in [0, 0.05) is 11.4 Å². The first-order valence-corrected chi connectivity index (χ1v) is 10.9. The van der Waals surface area contributed by atoms with Crippen molar-refractivity contribution in [1.82, 2.24) is 0 Å². The Balaban J connectivity index is 1.63. The first-order chi connectivity index (χ1) is 15.8. The van der Waals surface area contributed by atoms with Crippen molar-refractivity contribution in [2.75, 3.05) is 17.2 Å². The summed E-state index contributed by atoms with van der Waals surface area (Å²) in [4.78, 5) is 24.6. The summed E-state index contributed by atoms with van der Waals surface area (Å²) in [6.45, 7) is 3.71. The lowest BCUT2D eigenvalue weighted by molar-refractivity contribution is -0.118. The van der Waals surface area contributed by atoms with Crippen molar-refractivity contribution >= 4 is 45.2 Å². The standard InChI is InChI=1S/C26H22BrN3O3/c1-17-5-3-7-21(11-17)29-25(31)16-33-24-10-9-19(14-23(24)27)13-20(15-28)26(32)30-22-8-4-6-18(2)12-22/h3-14H,16H2,1-2H3,(H,29,31)(H,30,32)/b20-13+. The highest BCUT2D eigenvalue weighted by Crippen LogP contribution is 2.27. The lowest BCUT2D eigenvalue weighted by Gasteiger charge is -2.10. The van der Waals surface area contributed by atoms with Crippen LogP contribution in [0.5, 0.6) is 5.75 Å². The molecular formula is C26H22BrN3O3. The minimum atomic E-state index is -0.493. The number of amides is 2. The SMILES string of the molecule is Cc1cccc(NC(=O)COc2ccc(/C=C(\C#N)C(=O)Nc3cccc(C)c3)cc2Br)c1. The topological polar surface area (TPSA) is 91.2 Å². The van der Waals surface area contributed by atoms with E-state index in [9.17, 15) is 14.9 Å². The van der Waals surface area contributed by atoms with Gasteiger partial charge in [-0.25, -0.2) is 0 Å². The monoisotopic (exact) mass is 503 g/mol. The van der Waals surface area contributed by atoms with Crippen molar-refractivity contribution in [3.8, 4) is 11.8 Å². The summed E-state index contributed by atoms with van der Waals surface area (Å²) < 4.78 is 6.19. The van der Waals surface area contributed by atoms with Crippen LogP contribution in [-0.2, 0) is 9.59 Å². The molecule has 2 amide bonds. The minimum absolute atomic E-state index is 0.0328. The Bertz CT molecular complexity index is 1260. The second-order valence-electron chi connectivity index (χ2n) is 7.39. The molecule has 6 nitrogen and oxygen atoms in total. The van der Waals surface area contributed by atoms with Crippen molar-refractivity contribution in [3.63, 3.8) is 0 Å². The summed E-state index contributed by atoms with van der Waals surface area (Å²) >= 11 is 3.41. The summed E-state index contributed by atoms with van der Waals surface area (Å²) in [6.07, 6.45) is 1.49. The smallest absolute Gasteiger partial charge is 0.266 e. The summed E-state index contributed by atoms with van der Waals surface area (Å²) in [5, 5.41) is 14.9. The highest BCUT2D eigenvalue weighted by molar-refractivity contribution is 9.10. The van der Waals surface area contributed by atoms with Crippen LogP contribution in [0.25, 0.3) is 6.08 Å². The molecule has 33 heavy (non-hydrogen) atoms. The molecule has 0 spiro atoms. The third-order valence-electron chi connectivity index (χ3n) is 4.57. The second kappa shape index (κ2) is 11.1. The largest absolute Gasteiger partial charge is 0.483 e. The Morgan fingerprint density at radius 2 is 1.61 bits per heavy atom. The Morgan fingerprint density at radius 1 is 0.970 bits per heavy atom. The average Bonchev–Trinajstić information content (AvgIpc) is 2.77. The van der Waals surface area contributed by atoms with Crippen molar-refractivity contribution in [1.29, 1.82) is 5.26 Å². The third kappa shape index (κ3) is 7.06. The van der Waals surface area contributed by atoms with Gasteiger partial charge in [-0.2, -0.15) is 5.26 Å². The van der Waals surface area contributed by atoms with Gasteiger partial charge in [0.2, 0.25) is 0 Å². The Kier molecular flexibility index (Phi) is 8.01. The number of carbonyl (C=O) groups is 2. The van der Waals surface area contributed by atoms with Crippen molar-refractivity contribution in [2.45, 2.75) is 13.8 Å². The fourth-order valence-electron chi connectivity index (χ4n) is 3.02. The molecule has 3 aromatic rings. The molecule has 0 saturated heterocycles. The van der Waals surface area contributed by atoms with Gasteiger partial charge < -0.3 is 15.4 Å². The lowest BCUT2D eigenvalue weighted by atomic mass is 10.1. The molecule has 0 atom stereocenters. The molecule has 0 bridgehead atoms. The molecule has 0 aliphatic rings. The van der Waals surface area contributed by atoms with Gasteiger partial charge in [0.1, 0.15) is 17.4 Å². The predicted octanol–water partition coefficient (Wildman–Crippen LogP) is 5.63. The number of halogens is 1. The maximum absolute atomic E-state index is 12.5. The van der Waals surface area contributed by atoms with Gasteiger partial charge >= 0.3 is 0 Å². The van der Waals surface area contributed by atoms with E-state index < -0.39 is 5.91 Å². The van der Waals surface area contributed by atoms with E-state index in [1.807, 2.05) is 62.4 Å². The minimum Gasteiger partial charge on any atom is -0.483 e. The van der Waals surface area contributed by atoms with Crippen LogP contribution in [0.15, 0.2) is 76.8 Å². The summed E-state index contributed by atoms with van der Waals surface area (Å²) in [5.74, 6) is -0.308. The molecule has 0 aliphatic carbocycles.